The SMILES string of the molecule is O=C(O)CC(NC(=O)[C@H](COCc1ccccc1)NC(=O)CCCCNc1ccccn1)c1cc(Cl)cc(Cl)c1. The highest BCUT2D eigenvalue weighted by atomic mass is 35.5. The molecule has 0 aliphatic rings. The Bertz CT molecular complexity index is 1230. The maximum atomic E-state index is 13.3. The van der Waals surface area contributed by atoms with E-state index in [9.17, 15) is 19.5 Å². The van der Waals surface area contributed by atoms with Crippen molar-refractivity contribution in [2.45, 2.75) is 44.4 Å². The zero-order valence-electron chi connectivity index (χ0n) is 21.8. The number of nitrogens with one attached hydrogen (secondary N) is 3. The van der Waals surface area contributed by atoms with Crippen LogP contribution in [0.1, 0.15) is 42.9 Å². The van der Waals surface area contributed by atoms with E-state index >= 15 is 0 Å². The van der Waals surface area contributed by atoms with Crippen molar-refractivity contribution in [3.8, 4) is 0 Å². The number of hydrogen-bond donors (Lipinski definition) is 4. The smallest absolute Gasteiger partial charge is 0.305 e. The molecule has 0 spiro atoms. The molecule has 9 nitrogen and oxygen atoms in total. The van der Waals surface area contributed by atoms with Crippen LogP contribution in [0.5, 0.6) is 0 Å². The van der Waals surface area contributed by atoms with Gasteiger partial charge in [0.2, 0.25) is 11.8 Å². The molecule has 0 saturated carbocycles. The van der Waals surface area contributed by atoms with Crippen LogP contribution in [-0.4, -0.2) is 47.1 Å². The second kappa shape index (κ2) is 16.4. The first-order valence-corrected chi connectivity index (χ1v) is 13.6. The molecule has 0 saturated heterocycles. The summed E-state index contributed by atoms with van der Waals surface area (Å²) in [5.74, 6) is -1.26. The number of carbonyl (C=O) groups is 3. The Kier molecular flexibility index (Phi) is 12.7. The molecular weight excluding hydrogens is 555 g/mol. The van der Waals surface area contributed by atoms with E-state index in [2.05, 4.69) is 20.9 Å². The number of carboxylic acid groups (broad SMARTS) is 1. The normalized spacial score (nSPS) is 12.2. The molecule has 1 aromatic heterocycles. The van der Waals surface area contributed by atoms with Gasteiger partial charge in [-0.1, -0.05) is 59.6 Å². The standard InChI is InChI=1S/C29H32Cl2N4O5/c30-22-14-21(15-23(31)16-22)24(17-28(37)38)35-29(39)25(19-40-18-20-8-2-1-3-9-20)34-27(36)11-5-7-13-33-26-10-4-6-12-32-26/h1-4,6,8-10,12,14-16,24-25H,5,7,11,13,17-19H2,(H,32,33)(H,34,36)(H,35,39)(H,37,38)/t24?,25-/m0/s1. The van der Waals surface area contributed by atoms with Gasteiger partial charge in [0.25, 0.3) is 0 Å². The number of pyridine rings is 1. The van der Waals surface area contributed by atoms with Crippen molar-refractivity contribution in [2.75, 3.05) is 18.5 Å². The van der Waals surface area contributed by atoms with Gasteiger partial charge in [0.15, 0.2) is 0 Å². The predicted molar refractivity (Wildman–Crippen MR) is 154 cm³/mol. The summed E-state index contributed by atoms with van der Waals surface area (Å²) in [5.41, 5.74) is 1.34. The second-order valence-corrected chi connectivity index (χ2v) is 9.95. The zero-order chi connectivity index (χ0) is 28.7. The molecule has 2 aromatic carbocycles. The monoisotopic (exact) mass is 586 g/mol. The van der Waals surface area contributed by atoms with E-state index in [0.29, 0.717) is 28.6 Å². The van der Waals surface area contributed by atoms with Crippen LogP contribution in [0.3, 0.4) is 0 Å². The number of halogens is 2. The van der Waals surface area contributed by atoms with Crippen molar-refractivity contribution >= 4 is 46.8 Å². The second-order valence-electron chi connectivity index (χ2n) is 9.08. The summed E-state index contributed by atoms with van der Waals surface area (Å²) in [5, 5.41) is 18.7. The van der Waals surface area contributed by atoms with Gasteiger partial charge in [0.05, 0.1) is 25.7 Å². The van der Waals surface area contributed by atoms with Crippen LogP contribution in [0.2, 0.25) is 10.0 Å². The summed E-state index contributed by atoms with van der Waals surface area (Å²) in [4.78, 5) is 41.8. The molecule has 11 heteroatoms. The average molecular weight is 588 g/mol. The highest BCUT2D eigenvalue weighted by Gasteiger charge is 2.26. The summed E-state index contributed by atoms with van der Waals surface area (Å²) in [6.45, 7) is 0.777. The lowest BCUT2D eigenvalue weighted by Gasteiger charge is -2.23. The Hall–Kier alpha value is -3.66. The molecule has 1 heterocycles. The van der Waals surface area contributed by atoms with Crippen LogP contribution in [-0.2, 0) is 25.7 Å². The number of anilines is 1. The van der Waals surface area contributed by atoms with Gasteiger partial charge < -0.3 is 25.8 Å². The number of unbranched alkanes of at least 4 members (excludes halogenated alkanes) is 1. The number of ether oxygens (including phenoxy) is 1. The number of carbonyl (C=O) groups excluding carboxylic acids is 2. The van der Waals surface area contributed by atoms with Crippen LogP contribution in [0, 0.1) is 0 Å². The Morgan fingerprint density at radius 3 is 2.33 bits per heavy atom. The Labute approximate surface area is 243 Å². The van der Waals surface area contributed by atoms with Crippen molar-refractivity contribution in [2.24, 2.45) is 0 Å². The van der Waals surface area contributed by atoms with Crippen molar-refractivity contribution < 1.29 is 24.2 Å². The lowest BCUT2D eigenvalue weighted by molar-refractivity contribution is -0.138. The third kappa shape index (κ3) is 11.2. The number of nitrogens with zero attached hydrogens (tertiary/aromatic N) is 1. The van der Waals surface area contributed by atoms with E-state index in [1.165, 1.54) is 6.07 Å². The van der Waals surface area contributed by atoms with Gasteiger partial charge in [-0.05, 0) is 54.3 Å². The van der Waals surface area contributed by atoms with Crippen LogP contribution in [0.25, 0.3) is 0 Å². The van der Waals surface area contributed by atoms with E-state index in [1.54, 1.807) is 18.3 Å². The van der Waals surface area contributed by atoms with E-state index in [4.69, 9.17) is 27.9 Å². The summed E-state index contributed by atoms with van der Waals surface area (Å²) >= 11 is 12.2. The molecule has 0 radical (unpaired) electrons. The first-order chi connectivity index (χ1) is 19.3. The number of aromatic nitrogens is 1. The van der Waals surface area contributed by atoms with Crippen molar-refractivity contribution in [3.05, 3.63) is 94.1 Å². The third-order valence-corrected chi connectivity index (χ3v) is 6.27. The van der Waals surface area contributed by atoms with Crippen LogP contribution in [0.4, 0.5) is 5.82 Å². The Balaban J connectivity index is 1.61. The summed E-state index contributed by atoms with van der Waals surface area (Å²) in [7, 11) is 0. The molecule has 0 bridgehead atoms. The zero-order valence-corrected chi connectivity index (χ0v) is 23.3. The molecule has 2 atom stereocenters. The molecule has 0 aliphatic carbocycles. The van der Waals surface area contributed by atoms with E-state index in [0.717, 1.165) is 17.8 Å². The van der Waals surface area contributed by atoms with Gasteiger partial charge >= 0.3 is 5.97 Å². The van der Waals surface area contributed by atoms with Gasteiger partial charge in [0.1, 0.15) is 11.9 Å². The van der Waals surface area contributed by atoms with Crippen LogP contribution in [0.15, 0.2) is 72.9 Å². The molecule has 212 valence electrons. The fourth-order valence-corrected chi connectivity index (χ4v) is 4.43. The molecule has 3 aromatic rings. The lowest BCUT2D eigenvalue weighted by atomic mass is 10.0. The number of hydrogen-bond acceptors (Lipinski definition) is 6. The number of rotatable bonds is 16. The molecule has 1 unspecified atom stereocenters. The molecule has 0 aliphatic heterocycles. The molecule has 40 heavy (non-hydrogen) atoms. The maximum absolute atomic E-state index is 13.3. The van der Waals surface area contributed by atoms with E-state index in [-0.39, 0.29) is 25.5 Å². The average Bonchev–Trinajstić information content (AvgIpc) is 2.92. The number of amides is 2. The lowest BCUT2D eigenvalue weighted by Crippen LogP contribution is -2.50. The maximum Gasteiger partial charge on any atom is 0.305 e. The van der Waals surface area contributed by atoms with E-state index < -0.39 is 30.4 Å². The predicted octanol–water partition coefficient (Wildman–Crippen LogP) is 5.00. The van der Waals surface area contributed by atoms with Gasteiger partial charge in [-0.25, -0.2) is 4.98 Å². The first-order valence-electron chi connectivity index (χ1n) is 12.8. The van der Waals surface area contributed by atoms with Gasteiger partial charge in [-0.3, -0.25) is 14.4 Å². The highest BCUT2D eigenvalue weighted by molar-refractivity contribution is 6.34. The van der Waals surface area contributed by atoms with Crippen molar-refractivity contribution in [3.63, 3.8) is 0 Å². The fourth-order valence-electron chi connectivity index (χ4n) is 3.89. The van der Waals surface area contributed by atoms with E-state index in [1.807, 2.05) is 48.5 Å². The van der Waals surface area contributed by atoms with Gasteiger partial charge in [-0.15, -0.1) is 0 Å². The summed E-state index contributed by atoms with van der Waals surface area (Å²) in [6, 6.07) is 17.6. The minimum atomic E-state index is -1.12. The number of aliphatic carboxylic acids is 1. The van der Waals surface area contributed by atoms with Crippen LogP contribution < -0.4 is 16.0 Å². The quantitative estimate of drug-likeness (QED) is 0.174. The van der Waals surface area contributed by atoms with Gasteiger partial charge in [-0.2, -0.15) is 0 Å². The van der Waals surface area contributed by atoms with Crippen molar-refractivity contribution in [1.82, 2.24) is 15.6 Å². The third-order valence-electron chi connectivity index (χ3n) is 5.83. The van der Waals surface area contributed by atoms with Crippen molar-refractivity contribution in [1.29, 1.82) is 0 Å². The number of benzene rings is 2. The molecule has 2 amide bonds. The molecule has 4 N–H and O–H groups in total. The molecule has 0 fully saturated rings. The topological polar surface area (TPSA) is 130 Å². The highest BCUT2D eigenvalue weighted by Crippen LogP contribution is 2.25. The molecule has 3 rings (SSSR count). The minimum Gasteiger partial charge on any atom is -0.481 e. The fraction of sp³-hybridized carbons (Fsp3) is 0.310. The van der Waals surface area contributed by atoms with Crippen LogP contribution >= 0.6 is 23.2 Å². The first kappa shape index (κ1) is 30.9. The minimum absolute atomic E-state index is 0.107. The summed E-state index contributed by atoms with van der Waals surface area (Å²) < 4.78 is 5.75. The number of carboxylic acids is 1. The molecular formula is C29H32Cl2N4O5. The Morgan fingerprint density at radius 2 is 1.65 bits per heavy atom. The Morgan fingerprint density at radius 1 is 0.925 bits per heavy atom. The summed E-state index contributed by atoms with van der Waals surface area (Å²) in [6.07, 6.45) is 2.81. The largest absolute Gasteiger partial charge is 0.481 e. The van der Waals surface area contributed by atoms with Gasteiger partial charge in [0, 0.05) is 29.2 Å².